The maximum atomic E-state index is 12.3. The van der Waals surface area contributed by atoms with Gasteiger partial charge in [-0.3, -0.25) is 0 Å². The van der Waals surface area contributed by atoms with E-state index < -0.39 is 10.0 Å². The number of hydrogen-bond acceptors (Lipinski definition) is 3. The predicted octanol–water partition coefficient (Wildman–Crippen LogP) is 2.60. The van der Waals surface area contributed by atoms with Crippen LogP contribution in [0.2, 0.25) is 0 Å². The lowest BCUT2D eigenvalue weighted by molar-refractivity contribution is 0.581. The number of sulfonamides is 1. The normalized spacial score (nSPS) is 11.0. The summed E-state index contributed by atoms with van der Waals surface area (Å²) in [6, 6.07) is 15.6. The molecule has 0 saturated carbocycles. The van der Waals surface area contributed by atoms with Crippen molar-refractivity contribution in [3.8, 4) is 6.07 Å². The van der Waals surface area contributed by atoms with E-state index >= 15 is 0 Å². The van der Waals surface area contributed by atoms with Crippen LogP contribution in [0.4, 0.5) is 0 Å². The van der Waals surface area contributed by atoms with Gasteiger partial charge in [-0.25, -0.2) is 13.1 Å². The molecule has 0 aromatic heterocycles. The van der Waals surface area contributed by atoms with Crippen molar-refractivity contribution in [1.29, 1.82) is 5.26 Å². The Morgan fingerprint density at radius 1 is 1.10 bits per heavy atom. The van der Waals surface area contributed by atoms with Crippen molar-refractivity contribution < 1.29 is 8.42 Å². The van der Waals surface area contributed by atoms with E-state index in [4.69, 9.17) is 5.26 Å². The van der Waals surface area contributed by atoms with Crippen molar-refractivity contribution in [3.63, 3.8) is 0 Å². The third-order valence-corrected chi connectivity index (χ3v) is 4.62. The fraction of sp³-hybridized carbons (Fsp3) is 0.188. The van der Waals surface area contributed by atoms with Gasteiger partial charge in [-0.15, -0.1) is 0 Å². The van der Waals surface area contributed by atoms with Gasteiger partial charge in [-0.2, -0.15) is 5.26 Å². The standard InChI is InChI=1S/C16H16N2O2S/c1-2-14-7-3-4-8-15(14)12-18-21(19,20)16-9-5-6-13(10-16)11-17/h3-10,18H,2,12H2,1H3. The van der Waals surface area contributed by atoms with Crippen molar-refractivity contribution in [2.45, 2.75) is 24.8 Å². The lowest BCUT2D eigenvalue weighted by atomic mass is 10.1. The molecule has 0 fully saturated rings. The number of nitrogens with zero attached hydrogens (tertiary/aromatic N) is 1. The molecule has 4 nitrogen and oxygen atoms in total. The molecule has 0 aliphatic heterocycles. The van der Waals surface area contributed by atoms with Gasteiger partial charge >= 0.3 is 0 Å². The van der Waals surface area contributed by atoms with E-state index in [0.717, 1.165) is 17.5 Å². The van der Waals surface area contributed by atoms with Crippen molar-refractivity contribution in [2.75, 3.05) is 0 Å². The van der Waals surface area contributed by atoms with Crippen LogP contribution in [-0.2, 0) is 23.0 Å². The number of aryl methyl sites for hydroxylation is 1. The van der Waals surface area contributed by atoms with Gasteiger partial charge < -0.3 is 0 Å². The molecule has 0 amide bonds. The first-order valence-corrected chi connectivity index (χ1v) is 8.11. The van der Waals surface area contributed by atoms with Crippen molar-refractivity contribution in [2.24, 2.45) is 0 Å². The molecule has 5 heteroatoms. The summed E-state index contributed by atoms with van der Waals surface area (Å²) in [7, 11) is -3.62. The SMILES string of the molecule is CCc1ccccc1CNS(=O)(=O)c1cccc(C#N)c1. The summed E-state index contributed by atoms with van der Waals surface area (Å²) in [4.78, 5) is 0.107. The van der Waals surface area contributed by atoms with E-state index in [1.54, 1.807) is 12.1 Å². The van der Waals surface area contributed by atoms with E-state index in [1.807, 2.05) is 37.3 Å². The summed E-state index contributed by atoms with van der Waals surface area (Å²) in [6.07, 6.45) is 0.849. The van der Waals surface area contributed by atoms with Crippen molar-refractivity contribution in [1.82, 2.24) is 4.72 Å². The van der Waals surface area contributed by atoms with Crippen molar-refractivity contribution in [3.05, 3.63) is 65.2 Å². The quantitative estimate of drug-likeness (QED) is 0.922. The number of rotatable bonds is 5. The highest BCUT2D eigenvalue weighted by Crippen LogP contribution is 2.13. The Kier molecular flexibility index (Phi) is 4.73. The largest absolute Gasteiger partial charge is 0.240 e. The Labute approximate surface area is 125 Å². The van der Waals surface area contributed by atoms with E-state index in [1.165, 1.54) is 12.1 Å². The monoisotopic (exact) mass is 300 g/mol. The van der Waals surface area contributed by atoms with Gasteiger partial charge in [0.15, 0.2) is 0 Å². The van der Waals surface area contributed by atoms with Gasteiger partial charge in [0, 0.05) is 6.54 Å². The molecule has 2 aromatic carbocycles. The summed E-state index contributed by atoms with van der Waals surface area (Å²) in [5.74, 6) is 0. The number of nitrogens with one attached hydrogen (secondary N) is 1. The summed E-state index contributed by atoms with van der Waals surface area (Å²) in [5, 5.41) is 8.84. The minimum Gasteiger partial charge on any atom is -0.207 e. The molecule has 0 aliphatic rings. The zero-order valence-corrected chi connectivity index (χ0v) is 12.5. The average Bonchev–Trinajstić information content (AvgIpc) is 2.53. The number of benzene rings is 2. The Morgan fingerprint density at radius 3 is 2.48 bits per heavy atom. The van der Waals surface area contributed by atoms with E-state index in [2.05, 4.69) is 4.72 Å². The van der Waals surface area contributed by atoms with Crippen LogP contribution in [0.25, 0.3) is 0 Å². The smallest absolute Gasteiger partial charge is 0.207 e. The lowest BCUT2D eigenvalue weighted by Gasteiger charge is -2.10. The first-order valence-electron chi connectivity index (χ1n) is 6.63. The van der Waals surface area contributed by atoms with Crippen LogP contribution in [0.1, 0.15) is 23.6 Å². The van der Waals surface area contributed by atoms with Gasteiger partial charge in [0.1, 0.15) is 0 Å². The van der Waals surface area contributed by atoms with Crippen molar-refractivity contribution >= 4 is 10.0 Å². The number of hydrogen-bond donors (Lipinski definition) is 1. The third-order valence-electron chi connectivity index (χ3n) is 3.23. The second-order valence-electron chi connectivity index (χ2n) is 4.59. The van der Waals surface area contributed by atoms with E-state index in [-0.39, 0.29) is 11.4 Å². The predicted molar refractivity (Wildman–Crippen MR) is 81.0 cm³/mol. The highest BCUT2D eigenvalue weighted by atomic mass is 32.2. The zero-order valence-electron chi connectivity index (χ0n) is 11.7. The van der Waals surface area contributed by atoms with E-state index in [9.17, 15) is 8.42 Å². The van der Waals surface area contributed by atoms with Gasteiger partial charge in [-0.1, -0.05) is 37.3 Å². The Morgan fingerprint density at radius 2 is 1.81 bits per heavy atom. The fourth-order valence-corrected chi connectivity index (χ4v) is 3.12. The molecule has 2 aromatic rings. The summed E-state index contributed by atoms with van der Waals surface area (Å²) < 4.78 is 27.1. The molecule has 0 saturated heterocycles. The van der Waals surface area contributed by atoms with Crippen LogP contribution >= 0.6 is 0 Å². The van der Waals surface area contributed by atoms with Gasteiger partial charge in [0.2, 0.25) is 10.0 Å². The van der Waals surface area contributed by atoms with Crippen LogP contribution in [0.15, 0.2) is 53.4 Å². The van der Waals surface area contributed by atoms with Crippen LogP contribution < -0.4 is 4.72 Å². The maximum Gasteiger partial charge on any atom is 0.240 e. The molecule has 0 spiro atoms. The van der Waals surface area contributed by atoms with Crippen LogP contribution in [-0.4, -0.2) is 8.42 Å². The maximum absolute atomic E-state index is 12.3. The highest BCUT2D eigenvalue weighted by molar-refractivity contribution is 7.89. The molecule has 0 atom stereocenters. The molecule has 0 radical (unpaired) electrons. The molecule has 0 bridgehead atoms. The Bertz CT molecular complexity index is 777. The molecule has 21 heavy (non-hydrogen) atoms. The third kappa shape index (κ3) is 3.69. The molecular weight excluding hydrogens is 284 g/mol. The van der Waals surface area contributed by atoms with E-state index in [0.29, 0.717) is 5.56 Å². The molecular formula is C16H16N2O2S. The zero-order chi connectivity index (χ0) is 15.3. The minimum absolute atomic E-state index is 0.107. The summed E-state index contributed by atoms with van der Waals surface area (Å²) in [5.41, 5.74) is 2.40. The first-order chi connectivity index (χ1) is 10.1. The second kappa shape index (κ2) is 6.53. The van der Waals surface area contributed by atoms with Gasteiger partial charge in [-0.05, 0) is 35.7 Å². The molecule has 0 aliphatic carbocycles. The van der Waals surface area contributed by atoms with Crippen LogP contribution in [0, 0.1) is 11.3 Å². The Hall–Kier alpha value is -2.16. The average molecular weight is 300 g/mol. The highest BCUT2D eigenvalue weighted by Gasteiger charge is 2.14. The lowest BCUT2D eigenvalue weighted by Crippen LogP contribution is -2.23. The molecule has 0 unspecified atom stereocenters. The molecule has 1 N–H and O–H groups in total. The fourth-order valence-electron chi connectivity index (χ4n) is 2.06. The van der Waals surface area contributed by atoms with Gasteiger partial charge in [0.25, 0.3) is 0 Å². The first kappa shape index (κ1) is 15.2. The van der Waals surface area contributed by atoms with Crippen LogP contribution in [0.5, 0.6) is 0 Å². The molecule has 2 rings (SSSR count). The molecule has 0 heterocycles. The summed E-state index contributed by atoms with van der Waals surface area (Å²) >= 11 is 0. The minimum atomic E-state index is -3.62. The topological polar surface area (TPSA) is 70.0 Å². The Balaban J connectivity index is 2.20. The summed E-state index contributed by atoms with van der Waals surface area (Å²) in [6.45, 7) is 2.27. The molecule has 108 valence electrons. The second-order valence-corrected chi connectivity index (χ2v) is 6.35. The van der Waals surface area contributed by atoms with Gasteiger partial charge in [0.05, 0.1) is 16.5 Å². The number of nitriles is 1. The van der Waals surface area contributed by atoms with Crippen LogP contribution in [0.3, 0.4) is 0 Å².